The normalized spacial score (nSPS) is 11.9. The summed E-state index contributed by atoms with van der Waals surface area (Å²) in [6.07, 6.45) is 0.234. The van der Waals surface area contributed by atoms with E-state index >= 15 is 0 Å². The summed E-state index contributed by atoms with van der Waals surface area (Å²) in [5.74, 6) is -0.162. The van der Waals surface area contributed by atoms with Crippen molar-refractivity contribution in [1.29, 1.82) is 0 Å². The topological polar surface area (TPSA) is 105 Å². The van der Waals surface area contributed by atoms with Crippen LogP contribution in [0.15, 0.2) is 102 Å². The molecule has 0 spiro atoms. The van der Waals surface area contributed by atoms with Gasteiger partial charge in [0.1, 0.15) is 12.6 Å². The molecule has 0 unspecified atom stereocenters. The lowest BCUT2D eigenvalue weighted by atomic mass is 10.0. The monoisotopic (exact) mass is 657 g/mol. The van der Waals surface area contributed by atoms with Crippen molar-refractivity contribution in [3.63, 3.8) is 0 Å². The number of hydrogen-bond acceptors (Lipinski definition) is 6. The number of ether oxygens (including phenoxy) is 2. The molecule has 47 heavy (non-hydrogen) atoms. The van der Waals surface area contributed by atoms with Gasteiger partial charge in [-0.1, -0.05) is 72.3 Å². The number of nitrogens with one attached hydrogen (secondary N) is 1. The van der Waals surface area contributed by atoms with Crippen molar-refractivity contribution in [2.75, 3.05) is 25.1 Å². The summed E-state index contributed by atoms with van der Waals surface area (Å²) < 4.78 is 40.6. The highest BCUT2D eigenvalue weighted by Crippen LogP contribution is 2.34. The molecule has 4 aromatic carbocycles. The van der Waals surface area contributed by atoms with Crippen LogP contribution in [-0.2, 0) is 32.6 Å². The van der Waals surface area contributed by atoms with Crippen molar-refractivity contribution in [2.45, 2.75) is 57.6 Å². The highest BCUT2D eigenvalue weighted by molar-refractivity contribution is 7.92. The SMILES string of the molecule is COc1ccc(N(CC(=O)N(Cc2ccccc2C)[C@@H](Cc2ccccc2)C(=O)NC(C)C)S(=O)(=O)c2ccc(C)cc2)cc1OC. The smallest absolute Gasteiger partial charge is 0.264 e. The summed E-state index contributed by atoms with van der Waals surface area (Å²) in [7, 11) is -1.32. The summed E-state index contributed by atoms with van der Waals surface area (Å²) in [6, 6.07) is 27.1. The molecule has 9 nitrogen and oxygen atoms in total. The van der Waals surface area contributed by atoms with Crippen LogP contribution in [-0.4, -0.2) is 58.0 Å². The van der Waals surface area contributed by atoms with Gasteiger partial charge in [-0.15, -0.1) is 0 Å². The molecule has 1 atom stereocenters. The average molecular weight is 658 g/mol. The van der Waals surface area contributed by atoms with Crippen molar-refractivity contribution >= 4 is 27.5 Å². The number of aryl methyl sites for hydroxylation is 2. The second kappa shape index (κ2) is 15.6. The predicted molar refractivity (Wildman–Crippen MR) is 184 cm³/mol. The Labute approximate surface area is 278 Å². The van der Waals surface area contributed by atoms with Crippen LogP contribution in [0.1, 0.15) is 36.1 Å². The Kier molecular flexibility index (Phi) is 11.7. The third-order valence-electron chi connectivity index (χ3n) is 7.85. The first-order valence-corrected chi connectivity index (χ1v) is 16.9. The molecule has 0 aromatic heterocycles. The molecule has 0 radical (unpaired) electrons. The maximum absolute atomic E-state index is 14.7. The van der Waals surface area contributed by atoms with Gasteiger partial charge >= 0.3 is 0 Å². The summed E-state index contributed by atoms with van der Waals surface area (Å²) >= 11 is 0. The van der Waals surface area contributed by atoms with Crippen molar-refractivity contribution in [2.24, 2.45) is 0 Å². The molecule has 4 aromatic rings. The van der Waals surface area contributed by atoms with Gasteiger partial charge in [0.05, 0.1) is 24.8 Å². The van der Waals surface area contributed by atoms with Gasteiger partial charge in [-0.2, -0.15) is 0 Å². The second-order valence-electron chi connectivity index (χ2n) is 11.7. The van der Waals surface area contributed by atoms with Gasteiger partial charge in [0.15, 0.2) is 11.5 Å². The number of amides is 2. The highest BCUT2D eigenvalue weighted by Gasteiger charge is 2.35. The fourth-order valence-corrected chi connectivity index (χ4v) is 6.66. The zero-order valence-corrected chi connectivity index (χ0v) is 28.6. The number of nitrogens with zero attached hydrogens (tertiary/aromatic N) is 2. The van der Waals surface area contributed by atoms with Crippen LogP contribution in [0.3, 0.4) is 0 Å². The molecular formula is C37H43N3O6S. The molecule has 0 heterocycles. The van der Waals surface area contributed by atoms with Crippen LogP contribution < -0.4 is 19.1 Å². The van der Waals surface area contributed by atoms with E-state index in [0.29, 0.717) is 11.5 Å². The maximum Gasteiger partial charge on any atom is 0.264 e. The van der Waals surface area contributed by atoms with E-state index in [4.69, 9.17) is 9.47 Å². The minimum atomic E-state index is -4.26. The van der Waals surface area contributed by atoms with E-state index in [0.717, 1.165) is 26.6 Å². The van der Waals surface area contributed by atoms with E-state index in [9.17, 15) is 18.0 Å². The summed E-state index contributed by atoms with van der Waals surface area (Å²) in [4.78, 5) is 30.0. The van der Waals surface area contributed by atoms with Crippen molar-refractivity contribution in [3.8, 4) is 11.5 Å². The Bertz CT molecular complexity index is 1780. The molecule has 10 heteroatoms. The third-order valence-corrected chi connectivity index (χ3v) is 9.64. The zero-order chi connectivity index (χ0) is 34.1. The number of sulfonamides is 1. The van der Waals surface area contributed by atoms with Gasteiger partial charge in [0.25, 0.3) is 10.0 Å². The van der Waals surface area contributed by atoms with E-state index in [1.54, 1.807) is 24.3 Å². The Balaban J connectivity index is 1.85. The number of carbonyl (C=O) groups is 2. The minimum absolute atomic E-state index is 0.0227. The Hall–Kier alpha value is -4.83. The van der Waals surface area contributed by atoms with Gasteiger partial charge in [-0.3, -0.25) is 13.9 Å². The first kappa shape index (κ1) is 35.0. The van der Waals surface area contributed by atoms with Crippen molar-refractivity contribution in [1.82, 2.24) is 10.2 Å². The molecule has 0 saturated carbocycles. The molecule has 248 valence electrons. The number of carbonyl (C=O) groups excluding carboxylic acids is 2. The molecule has 1 N–H and O–H groups in total. The van der Waals surface area contributed by atoms with Crippen LogP contribution in [0.2, 0.25) is 0 Å². The van der Waals surface area contributed by atoms with Gasteiger partial charge in [0.2, 0.25) is 11.8 Å². The van der Waals surface area contributed by atoms with E-state index in [1.807, 2.05) is 82.3 Å². The molecule has 0 aliphatic heterocycles. The van der Waals surface area contributed by atoms with E-state index in [2.05, 4.69) is 5.32 Å². The number of hydrogen-bond donors (Lipinski definition) is 1. The van der Waals surface area contributed by atoms with Crippen LogP contribution in [0.5, 0.6) is 11.5 Å². The van der Waals surface area contributed by atoms with Crippen LogP contribution in [0.25, 0.3) is 0 Å². The van der Waals surface area contributed by atoms with Gasteiger partial charge in [0, 0.05) is 25.1 Å². The molecule has 0 saturated heterocycles. The predicted octanol–water partition coefficient (Wildman–Crippen LogP) is 5.68. The number of methoxy groups -OCH3 is 2. The van der Waals surface area contributed by atoms with E-state index < -0.39 is 28.5 Å². The average Bonchev–Trinajstić information content (AvgIpc) is 3.05. The number of rotatable bonds is 14. The Morgan fingerprint density at radius 1 is 0.809 bits per heavy atom. The first-order valence-electron chi connectivity index (χ1n) is 15.4. The highest BCUT2D eigenvalue weighted by atomic mass is 32.2. The lowest BCUT2D eigenvalue weighted by Gasteiger charge is -2.34. The number of benzene rings is 4. The Morgan fingerprint density at radius 2 is 1.45 bits per heavy atom. The zero-order valence-electron chi connectivity index (χ0n) is 27.8. The van der Waals surface area contributed by atoms with Gasteiger partial charge in [-0.25, -0.2) is 8.42 Å². The third kappa shape index (κ3) is 8.71. The van der Waals surface area contributed by atoms with Crippen molar-refractivity contribution < 1.29 is 27.5 Å². The van der Waals surface area contributed by atoms with Crippen molar-refractivity contribution in [3.05, 3.63) is 119 Å². The molecule has 0 aliphatic rings. The minimum Gasteiger partial charge on any atom is -0.493 e. The van der Waals surface area contributed by atoms with Gasteiger partial charge in [-0.05, 0) is 68.7 Å². The second-order valence-corrected chi connectivity index (χ2v) is 13.5. The molecular weight excluding hydrogens is 614 g/mol. The fraction of sp³-hybridized carbons (Fsp3) is 0.297. The summed E-state index contributed by atoms with van der Waals surface area (Å²) in [5.41, 5.74) is 3.75. The lowest BCUT2D eigenvalue weighted by Crippen LogP contribution is -2.54. The van der Waals surface area contributed by atoms with Crippen LogP contribution in [0.4, 0.5) is 5.69 Å². The maximum atomic E-state index is 14.7. The van der Waals surface area contributed by atoms with Gasteiger partial charge < -0.3 is 19.7 Å². The van der Waals surface area contributed by atoms with Crippen LogP contribution >= 0.6 is 0 Å². The number of anilines is 1. The molecule has 2 amide bonds. The van der Waals surface area contributed by atoms with E-state index in [-0.39, 0.29) is 35.5 Å². The first-order chi connectivity index (χ1) is 22.4. The Morgan fingerprint density at radius 3 is 2.06 bits per heavy atom. The van der Waals surface area contributed by atoms with E-state index in [1.165, 1.54) is 37.3 Å². The lowest BCUT2D eigenvalue weighted by molar-refractivity contribution is -0.140. The standard InChI is InChI=1S/C37H43N3O6S/c1-26(2)38-37(42)33(22-29-13-8-7-9-14-29)39(24-30-15-11-10-12-28(30)4)36(41)25-40(31-18-21-34(45-5)35(23-31)46-6)47(43,44)32-19-16-27(3)17-20-32/h7-21,23,26,33H,22,24-25H2,1-6H3,(H,38,42)/t33-/m0/s1. The summed E-state index contributed by atoms with van der Waals surface area (Å²) in [6.45, 7) is 7.05. The quantitative estimate of drug-likeness (QED) is 0.187. The molecule has 0 fully saturated rings. The van der Waals surface area contributed by atoms with Crippen LogP contribution in [0, 0.1) is 13.8 Å². The molecule has 0 aliphatic carbocycles. The molecule has 4 rings (SSSR count). The molecule has 0 bridgehead atoms. The fourth-order valence-electron chi connectivity index (χ4n) is 5.25. The largest absolute Gasteiger partial charge is 0.493 e. The summed E-state index contributed by atoms with van der Waals surface area (Å²) in [5, 5.41) is 2.98.